The van der Waals surface area contributed by atoms with Crippen molar-refractivity contribution in [3.63, 3.8) is 0 Å². The second kappa shape index (κ2) is 4.14. The van der Waals surface area contributed by atoms with Gasteiger partial charge in [-0.25, -0.2) is 4.79 Å². The van der Waals surface area contributed by atoms with E-state index in [1.54, 1.807) is 0 Å². The van der Waals surface area contributed by atoms with Gasteiger partial charge in [-0.05, 0) is 31.3 Å². The van der Waals surface area contributed by atoms with Gasteiger partial charge >= 0.3 is 5.97 Å². The number of methoxy groups -OCH3 is 2. The summed E-state index contributed by atoms with van der Waals surface area (Å²) >= 11 is 0. The van der Waals surface area contributed by atoms with E-state index < -0.39 is 0 Å². The van der Waals surface area contributed by atoms with Gasteiger partial charge in [0.25, 0.3) is 0 Å². The lowest BCUT2D eigenvalue weighted by Crippen LogP contribution is -2.08. The van der Waals surface area contributed by atoms with Gasteiger partial charge in [0.2, 0.25) is 5.76 Å². The van der Waals surface area contributed by atoms with E-state index in [0.717, 1.165) is 31.3 Å². The maximum Gasteiger partial charge on any atom is 0.373 e. The highest BCUT2D eigenvalue weighted by Crippen LogP contribution is 2.27. The summed E-state index contributed by atoms with van der Waals surface area (Å²) in [5.41, 5.74) is 1.10. The van der Waals surface area contributed by atoms with E-state index in [9.17, 15) is 4.79 Å². The van der Waals surface area contributed by atoms with Gasteiger partial charge in [-0.1, -0.05) is 0 Å². The number of rotatable bonds is 2. The Balaban J connectivity index is 2.77. The molecule has 0 bridgehead atoms. The van der Waals surface area contributed by atoms with Crippen molar-refractivity contribution in [2.75, 3.05) is 14.2 Å². The molecule has 0 aromatic carbocycles. The molecule has 68 valence electrons. The number of hydrogen-bond acceptors (Lipinski definition) is 3. The van der Waals surface area contributed by atoms with E-state index in [0.29, 0.717) is 5.76 Å². The molecule has 1 fully saturated rings. The SMILES string of the molecule is COC(=O)C(OC)=C1CCCC1. The first-order valence-corrected chi connectivity index (χ1v) is 4.14. The van der Waals surface area contributed by atoms with Crippen LogP contribution in [-0.4, -0.2) is 20.2 Å². The maximum atomic E-state index is 11.1. The summed E-state index contributed by atoms with van der Waals surface area (Å²) in [4.78, 5) is 11.1. The Morgan fingerprint density at radius 3 is 2.17 bits per heavy atom. The van der Waals surface area contributed by atoms with E-state index >= 15 is 0 Å². The van der Waals surface area contributed by atoms with Gasteiger partial charge in [-0.3, -0.25) is 0 Å². The number of ether oxygens (including phenoxy) is 2. The minimum absolute atomic E-state index is 0.352. The van der Waals surface area contributed by atoms with Gasteiger partial charge in [0.1, 0.15) is 0 Å². The van der Waals surface area contributed by atoms with Crippen molar-refractivity contribution in [3.8, 4) is 0 Å². The normalized spacial score (nSPS) is 16.0. The van der Waals surface area contributed by atoms with E-state index in [-0.39, 0.29) is 5.97 Å². The Labute approximate surface area is 72.4 Å². The summed E-state index contributed by atoms with van der Waals surface area (Å²) in [6.45, 7) is 0. The molecule has 1 aliphatic carbocycles. The summed E-state index contributed by atoms with van der Waals surface area (Å²) in [5, 5.41) is 0. The second-order valence-electron chi connectivity index (χ2n) is 2.84. The maximum absolute atomic E-state index is 11.1. The van der Waals surface area contributed by atoms with Gasteiger partial charge in [0, 0.05) is 0 Å². The third kappa shape index (κ3) is 1.78. The van der Waals surface area contributed by atoms with Crippen molar-refractivity contribution in [3.05, 3.63) is 11.3 Å². The molecule has 0 aromatic heterocycles. The number of allylic oxidation sites excluding steroid dienone is 1. The molecule has 0 N–H and O–H groups in total. The first-order valence-electron chi connectivity index (χ1n) is 4.14. The van der Waals surface area contributed by atoms with Crippen molar-refractivity contribution in [2.24, 2.45) is 0 Å². The Morgan fingerprint density at radius 1 is 1.17 bits per heavy atom. The topological polar surface area (TPSA) is 35.5 Å². The van der Waals surface area contributed by atoms with E-state index in [1.165, 1.54) is 14.2 Å². The van der Waals surface area contributed by atoms with Crippen LogP contribution in [0.25, 0.3) is 0 Å². The minimum atomic E-state index is -0.352. The monoisotopic (exact) mass is 170 g/mol. The van der Waals surface area contributed by atoms with E-state index in [4.69, 9.17) is 4.74 Å². The lowest BCUT2D eigenvalue weighted by atomic mass is 10.2. The fraction of sp³-hybridized carbons (Fsp3) is 0.667. The van der Waals surface area contributed by atoms with Crippen LogP contribution < -0.4 is 0 Å². The Morgan fingerprint density at radius 2 is 1.75 bits per heavy atom. The van der Waals surface area contributed by atoms with Crippen LogP contribution >= 0.6 is 0 Å². The Hall–Kier alpha value is -0.990. The van der Waals surface area contributed by atoms with Crippen molar-refractivity contribution < 1.29 is 14.3 Å². The van der Waals surface area contributed by atoms with Crippen molar-refractivity contribution in [1.29, 1.82) is 0 Å². The molecule has 0 aliphatic heterocycles. The molecule has 1 aliphatic rings. The molecule has 12 heavy (non-hydrogen) atoms. The smallest absolute Gasteiger partial charge is 0.373 e. The molecule has 1 rings (SSSR count). The Bertz CT molecular complexity index is 198. The number of carbonyl (C=O) groups excluding carboxylic acids is 1. The highest BCUT2D eigenvalue weighted by Gasteiger charge is 2.19. The third-order valence-corrected chi connectivity index (χ3v) is 2.10. The average Bonchev–Trinajstić information content (AvgIpc) is 2.58. The molecule has 0 amide bonds. The molecule has 1 saturated carbocycles. The lowest BCUT2D eigenvalue weighted by Gasteiger charge is -2.06. The largest absolute Gasteiger partial charge is 0.490 e. The first-order chi connectivity index (χ1) is 5.79. The average molecular weight is 170 g/mol. The molecule has 0 radical (unpaired) electrons. The molecule has 0 atom stereocenters. The molecule has 0 heterocycles. The van der Waals surface area contributed by atoms with Crippen molar-refractivity contribution in [2.45, 2.75) is 25.7 Å². The van der Waals surface area contributed by atoms with Crippen LogP contribution in [0.3, 0.4) is 0 Å². The molecule has 3 nitrogen and oxygen atoms in total. The zero-order chi connectivity index (χ0) is 8.97. The van der Waals surface area contributed by atoms with Gasteiger partial charge < -0.3 is 9.47 Å². The predicted molar refractivity (Wildman–Crippen MR) is 44.5 cm³/mol. The number of hydrogen-bond donors (Lipinski definition) is 0. The van der Waals surface area contributed by atoms with E-state index in [2.05, 4.69) is 4.74 Å². The zero-order valence-corrected chi connectivity index (χ0v) is 7.55. The summed E-state index contributed by atoms with van der Waals surface area (Å²) in [7, 11) is 2.88. The van der Waals surface area contributed by atoms with Crippen LogP contribution in [0.1, 0.15) is 25.7 Å². The van der Waals surface area contributed by atoms with Crippen LogP contribution in [-0.2, 0) is 14.3 Å². The van der Waals surface area contributed by atoms with Gasteiger partial charge in [-0.2, -0.15) is 0 Å². The summed E-state index contributed by atoms with van der Waals surface area (Å²) in [6.07, 6.45) is 4.24. The summed E-state index contributed by atoms with van der Waals surface area (Å²) in [6, 6.07) is 0. The molecule has 0 spiro atoms. The van der Waals surface area contributed by atoms with Crippen LogP contribution in [0, 0.1) is 0 Å². The minimum Gasteiger partial charge on any atom is -0.490 e. The van der Waals surface area contributed by atoms with Crippen molar-refractivity contribution >= 4 is 5.97 Å². The summed E-state index contributed by atoms with van der Waals surface area (Å²) in [5.74, 6) is 0.0596. The van der Waals surface area contributed by atoms with Gasteiger partial charge in [-0.15, -0.1) is 0 Å². The zero-order valence-electron chi connectivity index (χ0n) is 7.55. The standard InChI is InChI=1S/C9H14O3/c1-11-8(9(10)12-2)7-5-3-4-6-7/h3-6H2,1-2H3. The Kier molecular flexibility index (Phi) is 3.14. The fourth-order valence-corrected chi connectivity index (χ4v) is 1.49. The highest BCUT2D eigenvalue weighted by atomic mass is 16.6. The van der Waals surface area contributed by atoms with E-state index in [1.807, 2.05) is 0 Å². The lowest BCUT2D eigenvalue weighted by molar-refractivity contribution is -0.139. The number of esters is 1. The summed E-state index contributed by atoms with van der Waals surface area (Å²) < 4.78 is 9.59. The third-order valence-electron chi connectivity index (χ3n) is 2.10. The molecule has 0 unspecified atom stereocenters. The molecule has 0 aromatic rings. The van der Waals surface area contributed by atoms with Crippen LogP contribution in [0.4, 0.5) is 0 Å². The van der Waals surface area contributed by atoms with Crippen LogP contribution in [0.5, 0.6) is 0 Å². The quantitative estimate of drug-likeness (QED) is 0.359. The molecule has 3 heteroatoms. The van der Waals surface area contributed by atoms with Crippen LogP contribution in [0.15, 0.2) is 11.3 Å². The first kappa shape index (κ1) is 9.10. The van der Waals surface area contributed by atoms with Gasteiger partial charge in [0.15, 0.2) is 0 Å². The molecule has 0 saturated heterocycles. The fourth-order valence-electron chi connectivity index (χ4n) is 1.49. The second-order valence-corrected chi connectivity index (χ2v) is 2.84. The predicted octanol–water partition coefficient (Wildman–Crippen LogP) is 1.63. The molecular formula is C9H14O3. The van der Waals surface area contributed by atoms with Gasteiger partial charge in [0.05, 0.1) is 14.2 Å². The number of carbonyl (C=O) groups is 1. The molecular weight excluding hydrogens is 156 g/mol. The van der Waals surface area contributed by atoms with Crippen molar-refractivity contribution in [1.82, 2.24) is 0 Å². The highest BCUT2D eigenvalue weighted by molar-refractivity contribution is 5.87. The van der Waals surface area contributed by atoms with Crippen LogP contribution in [0.2, 0.25) is 0 Å².